The van der Waals surface area contributed by atoms with Gasteiger partial charge in [0.1, 0.15) is 5.69 Å². The van der Waals surface area contributed by atoms with Crippen LogP contribution in [0.3, 0.4) is 0 Å². The Labute approximate surface area is 107 Å². The Morgan fingerprint density at radius 2 is 2.17 bits per heavy atom. The van der Waals surface area contributed by atoms with Gasteiger partial charge in [0, 0.05) is 19.4 Å². The van der Waals surface area contributed by atoms with Crippen LogP contribution in [0.15, 0.2) is 24.7 Å². The maximum atomic E-state index is 5.37. The van der Waals surface area contributed by atoms with E-state index in [1.54, 1.807) is 19.5 Å². The predicted octanol–water partition coefficient (Wildman–Crippen LogP) is 1.44. The molecule has 1 unspecified atom stereocenters. The maximum absolute atomic E-state index is 5.37. The van der Waals surface area contributed by atoms with Crippen LogP contribution in [0.4, 0.5) is 0 Å². The molecule has 96 valence electrons. The molecule has 2 aromatic heterocycles. The van der Waals surface area contributed by atoms with Gasteiger partial charge in [-0.1, -0.05) is 0 Å². The highest BCUT2D eigenvalue weighted by Gasteiger charge is 2.22. The Morgan fingerprint density at radius 1 is 1.39 bits per heavy atom. The fourth-order valence-electron chi connectivity index (χ4n) is 2.16. The van der Waals surface area contributed by atoms with Gasteiger partial charge in [-0.25, -0.2) is 0 Å². The molecule has 0 aliphatic carbocycles. The molecule has 0 aliphatic heterocycles. The molecule has 0 bridgehead atoms. The van der Waals surface area contributed by atoms with Gasteiger partial charge in [-0.05, 0) is 31.2 Å². The van der Waals surface area contributed by atoms with Crippen LogP contribution in [0.2, 0.25) is 0 Å². The van der Waals surface area contributed by atoms with Gasteiger partial charge in [-0.3, -0.25) is 9.67 Å². The number of hydrogen-bond acceptors (Lipinski definition) is 4. The second-order valence-electron chi connectivity index (χ2n) is 4.18. The summed E-state index contributed by atoms with van der Waals surface area (Å²) in [5.41, 5.74) is 3.32. The second kappa shape index (κ2) is 5.18. The molecule has 1 N–H and O–H groups in total. The zero-order chi connectivity index (χ0) is 13.1. The average molecular weight is 246 g/mol. The monoisotopic (exact) mass is 246 g/mol. The molecule has 0 saturated carbocycles. The highest BCUT2D eigenvalue weighted by Crippen LogP contribution is 2.30. The van der Waals surface area contributed by atoms with Gasteiger partial charge >= 0.3 is 0 Å². The second-order valence-corrected chi connectivity index (χ2v) is 4.18. The minimum atomic E-state index is 0.0375. The molecule has 2 rings (SSSR count). The van der Waals surface area contributed by atoms with Crippen molar-refractivity contribution in [1.82, 2.24) is 20.1 Å². The molecule has 1 atom stereocenters. The molecule has 5 heteroatoms. The quantitative estimate of drug-likeness (QED) is 0.887. The third kappa shape index (κ3) is 2.09. The molecule has 0 saturated heterocycles. The Hall–Kier alpha value is -1.88. The Balaban J connectivity index is 2.52. The topological polar surface area (TPSA) is 52.0 Å². The fourth-order valence-corrected chi connectivity index (χ4v) is 2.16. The number of nitrogens with zero attached hydrogens (tertiary/aromatic N) is 3. The third-order valence-corrected chi connectivity index (χ3v) is 3.11. The van der Waals surface area contributed by atoms with E-state index in [9.17, 15) is 0 Å². The van der Waals surface area contributed by atoms with Gasteiger partial charge in [-0.2, -0.15) is 5.10 Å². The molecule has 0 aliphatic rings. The SMILES string of the molecule is CNC(c1ccncc1C)c1c(OC)cnn1C. The molecule has 2 aromatic rings. The van der Waals surface area contributed by atoms with E-state index in [0.717, 1.165) is 17.0 Å². The van der Waals surface area contributed by atoms with E-state index in [1.807, 2.05) is 31.0 Å². The summed E-state index contributed by atoms with van der Waals surface area (Å²) in [4.78, 5) is 4.13. The van der Waals surface area contributed by atoms with Crippen molar-refractivity contribution in [3.63, 3.8) is 0 Å². The molecular formula is C13H18N4O. The van der Waals surface area contributed by atoms with Gasteiger partial charge in [0.2, 0.25) is 0 Å². The molecular weight excluding hydrogens is 228 g/mol. The minimum Gasteiger partial charge on any atom is -0.493 e. The Kier molecular flexibility index (Phi) is 3.62. The summed E-state index contributed by atoms with van der Waals surface area (Å²) in [5.74, 6) is 0.785. The maximum Gasteiger partial charge on any atom is 0.161 e. The van der Waals surface area contributed by atoms with Crippen LogP contribution < -0.4 is 10.1 Å². The average Bonchev–Trinajstić information content (AvgIpc) is 2.74. The molecule has 0 amide bonds. The Bertz CT molecular complexity index is 536. The molecule has 0 fully saturated rings. The largest absolute Gasteiger partial charge is 0.493 e. The van der Waals surface area contributed by atoms with Crippen molar-refractivity contribution in [1.29, 1.82) is 0 Å². The lowest BCUT2D eigenvalue weighted by Gasteiger charge is -2.20. The highest BCUT2D eigenvalue weighted by atomic mass is 16.5. The van der Waals surface area contributed by atoms with Crippen molar-refractivity contribution >= 4 is 0 Å². The number of methoxy groups -OCH3 is 1. The number of aromatic nitrogens is 3. The van der Waals surface area contributed by atoms with Crippen LogP contribution in [0.5, 0.6) is 5.75 Å². The summed E-state index contributed by atoms with van der Waals surface area (Å²) in [6.07, 6.45) is 5.40. The molecule has 2 heterocycles. The normalized spacial score (nSPS) is 12.4. The van der Waals surface area contributed by atoms with Crippen molar-refractivity contribution in [3.05, 3.63) is 41.5 Å². The first-order valence-electron chi connectivity index (χ1n) is 5.82. The summed E-state index contributed by atoms with van der Waals surface area (Å²) in [6, 6.07) is 2.05. The third-order valence-electron chi connectivity index (χ3n) is 3.11. The van der Waals surface area contributed by atoms with E-state index >= 15 is 0 Å². The lowest BCUT2D eigenvalue weighted by molar-refractivity contribution is 0.402. The lowest BCUT2D eigenvalue weighted by Crippen LogP contribution is -2.22. The van der Waals surface area contributed by atoms with Gasteiger partial charge < -0.3 is 10.1 Å². The first-order chi connectivity index (χ1) is 8.69. The van der Waals surface area contributed by atoms with Crippen molar-refractivity contribution in [3.8, 4) is 5.75 Å². The molecule has 18 heavy (non-hydrogen) atoms. The Morgan fingerprint density at radius 3 is 2.78 bits per heavy atom. The van der Waals surface area contributed by atoms with Crippen LogP contribution in [0, 0.1) is 6.92 Å². The smallest absolute Gasteiger partial charge is 0.161 e. The van der Waals surface area contributed by atoms with E-state index in [2.05, 4.69) is 22.3 Å². The fraction of sp³-hybridized carbons (Fsp3) is 0.385. The number of aryl methyl sites for hydroxylation is 2. The van der Waals surface area contributed by atoms with Gasteiger partial charge in [0.15, 0.2) is 5.75 Å². The molecule has 0 aromatic carbocycles. The molecule has 0 spiro atoms. The summed E-state index contributed by atoms with van der Waals surface area (Å²) >= 11 is 0. The predicted molar refractivity (Wildman–Crippen MR) is 69.6 cm³/mol. The first-order valence-corrected chi connectivity index (χ1v) is 5.82. The van der Waals surface area contributed by atoms with E-state index in [-0.39, 0.29) is 6.04 Å². The molecule has 0 radical (unpaired) electrons. The summed E-state index contributed by atoms with van der Waals surface area (Å²) in [6.45, 7) is 2.05. The van der Waals surface area contributed by atoms with Crippen LogP contribution in [0.25, 0.3) is 0 Å². The van der Waals surface area contributed by atoms with Crippen LogP contribution in [-0.4, -0.2) is 28.9 Å². The zero-order valence-electron chi connectivity index (χ0n) is 11.1. The van der Waals surface area contributed by atoms with Crippen molar-refractivity contribution < 1.29 is 4.74 Å². The number of pyridine rings is 1. The van der Waals surface area contributed by atoms with E-state index in [1.165, 1.54) is 5.56 Å². The van der Waals surface area contributed by atoms with Crippen molar-refractivity contribution in [2.45, 2.75) is 13.0 Å². The highest BCUT2D eigenvalue weighted by molar-refractivity contribution is 5.38. The van der Waals surface area contributed by atoms with E-state index in [4.69, 9.17) is 4.74 Å². The summed E-state index contributed by atoms with van der Waals surface area (Å²) in [7, 11) is 5.50. The van der Waals surface area contributed by atoms with Gasteiger partial charge in [0.25, 0.3) is 0 Å². The van der Waals surface area contributed by atoms with E-state index in [0.29, 0.717) is 0 Å². The van der Waals surface area contributed by atoms with Crippen LogP contribution in [0.1, 0.15) is 22.9 Å². The number of ether oxygens (including phenoxy) is 1. The number of hydrogen-bond donors (Lipinski definition) is 1. The number of rotatable bonds is 4. The minimum absolute atomic E-state index is 0.0375. The zero-order valence-corrected chi connectivity index (χ0v) is 11.1. The lowest BCUT2D eigenvalue weighted by atomic mass is 10.0. The van der Waals surface area contributed by atoms with Gasteiger partial charge in [0.05, 0.1) is 19.3 Å². The van der Waals surface area contributed by atoms with Gasteiger partial charge in [-0.15, -0.1) is 0 Å². The van der Waals surface area contributed by atoms with Crippen LogP contribution >= 0.6 is 0 Å². The summed E-state index contributed by atoms with van der Waals surface area (Å²) in [5, 5.41) is 7.56. The molecule has 5 nitrogen and oxygen atoms in total. The van der Waals surface area contributed by atoms with Crippen LogP contribution in [-0.2, 0) is 7.05 Å². The van der Waals surface area contributed by atoms with Crippen molar-refractivity contribution in [2.75, 3.05) is 14.2 Å². The summed E-state index contributed by atoms with van der Waals surface area (Å²) < 4.78 is 7.20. The standard InChI is InChI=1S/C13H18N4O/c1-9-7-15-6-5-10(9)12(14-2)13-11(18-4)8-16-17(13)3/h5-8,12,14H,1-4H3. The number of nitrogens with one attached hydrogen (secondary N) is 1. The van der Waals surface area contributed by atoms with Crippen molar-refractivity contribution in [2.24, 2.45) is 7.05 Å². The first kappa shape index (κ1) is 12.6. The van der Waals surface area contributed by atoms with E-state index < -0.39 is 0 Å².